The number of hydrogen-bond donors (Lipinski definition) is 0. The summed E-state index contributed by atoms with van der Waals surface area (Å²) in [5.41, 5.74) is 3.44. The van der Waals surface area contributed by atoms with E-state index in [2.05, 4.69) is 25.7 Å². The Balaban J connectivity index is 1.72. The van der Waals surface area contributed by atoms with Crippen molar-refractivity contribution in [2.45, 2.75) is 110 Å². The first-order valence-electron chi connectivity index (χ1n) is 14.9. The van der Waals surface area contributed by atoms with Crippen molar-refractivity contribution < 1.29 is 9.13 Å². The van der Waals surface area contributed by atoms with Gasteiger partial charge in [-0.05, 0) is 72.9 Å². The average Bonchev–Trinajstić information content (AvgIpc) is 2.93. The number of unbranched alkanes of at least 4 members (excludes halogenated alkanes) is 12. The van der Waals surface area contributed by atoms with Crippen LogP contribution in [0.4, 0.5) is 4.39 Å². The molecule has 3 heteroatoms. The number of halogens is 1. The summed E-state index contributed by atoms with van der Waals surface area (Å²) in [5.74, 6) is 6.09. The Bertz CT molecular complexity index is 1010. The zero-order valence-corrected chi connectivity index (χ0v) is 24.5. The summed E-state index contributed by atoms with van der Waals surface area (Å²) in [5, 5.41) is 0.523. The van der Waals surface area contributed by atoms with Crippen LogP contribution in [-0.2, 0) is 11.2 Å². The minimum absolute atomic E-state index is 0.144. The molecule has 2 aromatic carbocycles. The van der Waals surface area contributed by atoms with Gasteiger partial charge in [-0.1, -0.05) is 127 Å². The topological polar surface area (TPSA) is 9.23 Å². The molecule has 0 aliphatic carbocycles. The Labute approximate surface area is 237 Å². The molecule has 0 radical (unpaired) electrons. The van der Waals surface area contributed by atoms with Crippen molar-refractivity contribution in [2.24, 2.45) is 0 Å². The van der Waals surface area contributed by atoms with Gasteiger partial charge >= 0.3 is 0 Å². The fourth-order valence-electron chi connectivity index (χ4n) is 4.37. The molecule has 206 valence electrons. The maximum atomic E-state index is 14.6. The van der Waals surface area contributed by atoms with Crippen LogP contribution in [0.25, 0.3) is 6.08 Å². The van der Waals surface area contributed by atoms with Gasteiger partial charge in [0.2, 0.25) is 0 Å². The van der Waals surface area contributed by atoms with E-state index in [0.29, 0.717) is 17.2 Å². The molecule has 2 rings (SSSR count). The fourth-order valence-corrected chi connectivity index (χ4v) is 4.52. The lowest BCUT2D eigenvalue weighted by molar-refractivity contribution is 0.302. The molecule has 0 aromatic heterocycles. The van der Waals surface area contributed by atoms with Gasteiger partial charge in [-0.25, -0.2) is 4.39 Å². The molecule has 0 N–H and O–H groups in total. The second-order valence-electron chi connectivity index (χ2n) is 10.2. The summed E-state index contributed by atoms with van der Waals surface area (Å²) in [6.45, 7) is 5.16. The van der Waals surface area contributed by atoms with E-state index in [4.69, 9.17) is 17.0 Å². The van der Waals surface area contributed by atoms with E-state index in [1.54, 1.807) is 6.07 Å². The maximum Gasteiger partial charge on any atom is 0.183 e. The van der Waals surface area contributed by atoms with E-state index in [-0.39, 0.29) is 5.82 Å². The smallest absolute Gasteiger partial charge is 0.183 e. The highest BCUT2D eigenvalue weighted by Gasteiger charge is 2.03. The van der Waals surface area contributed by atoms with Gasteiger partial charge in [-0.2, -0.15) is 0 Å². The average molecular weight is 535 g/mol. The van der Waals surface area contributed by atoms with Crippen LogP contribution in [0.3, 0.4) is 0 Å². The van der Waals surface area contributed by atoms with E-state index in [0.717, 1.165) is 36.0 Å². The zero-order valence-electron chi connectivity index (χ0n) is 23.7. The molecular weight excluding hydrogens is 487 g/mol. The summed E-state index contributed by atoms with van der Waals surface area (Å²) in [4.78, 5) is 0. The number of thiocarbonyl (C=S) groups is 1. The Morgan fingerprint density at radius 3 is 1.92 bits per heavy atom. The molecule has 0 saturated carbocycles. The third kappa shape index (κ3) is 14.5. The molecule has 0 unspecified atom stereocenters. The van der Waals surface area contributed by atoms with Gasteiger partial charge in [0.25, 0.3) is 0 Å². The maximum absolute atomic E-state index is 14.6. The van der Waals surface area contributed by atoms with E-state index >= 15 is 0 Å². The summed E-state index contributed by atoms with van der Waals surface area (Å²) < 4.78 is 20.2. The highest BCUT2D eigenvalue weighted by molar-refractivity contribution is 7.80. The van der Waals surface area contributed by atoms with Crippen LogP contribution in [-0.4, -0.2) is 11.7 Å². The van der Waals surface area contributed by atoms with Crippen molar-refractivity contribution >= 4 is 23.3 Å². The zero-order chi connectivity index (χ0) is 27.3. The van der Waals surface area contributed by atoms with Crippen LogP contribution in [0, 0.1) is 17.7 Å². The Hall–Kier alpha value is -2.44. The number of hydrogen-bond acceptors (Lipinski definition) is 2. The number of aryl methyl sites for hydroxylation is 1. The first-order chi connectivity index (χ1) is 18.6. The van der Waals surface area contributed by atoms with Gasteiger partial charge in [0.05, 0.1) is 6.61 Å². The van der Waals surface area contributed by atoms with Crippen molar-refractivity contribution in [1.29, 1.82) is 0 Å². The second-order valence-corrected chi connectivity index (χ2v) is 10.6. The normalized spacial score (nSPS) is 10.9. The third-order valence-corrected chi connectivity index (χ3v) is 7.02. The molecule has 0 amide bonds. The lowest BCUT2D eigenvalue weighted by Crippen LogP contribution is -1.99. The largest absolute Gasteiger partial charge is 0.483 e. The summed E-state index contributed by atoms with van der Waals surface area (Å²) >= 11 is 5.30. The highest BCUT2D eigenvalue weighted by atomic mass is 32.1. The first kappa shape index (κ1) is 31.8. The molecule has 0 atom stereocenters. The van der Waals surface area contributed by atoms with Gasteiger partial charge in [0, 0.05) is 11.1 Å². The molecule has 38 heavy (non-hydrogen) atoms. The number of ether oxygens (including phenoxy) is 1. The minimum Gasteiger partial charge on any atom is -0.483 e. The molecule has 0 saturated heterocycles. The molecule has 0 fully saturated rings. The van der Waals surface area contributed by atoms with Gasteiger partial charge in [-0.15, -0.1) is 0 Å². The second kappa shape index (κ2) is 20.5. The van der Waals surface area contributed by atoms with Crippen molar-refractivity contribution in [2.75, 3.05) is 6.61 Å². The summed E-state index contributed by atoms with van der Waals surface area (Å²) in [6, 6.07) is 13.3. The van der Waals surface area contributed by atoms with Crippen molar-refractivity contribution in [3.05, 3.63) is 76.6 Å². The first-order valence-corrected chi connectivity index (χ1v) is 15.3. The van der Waals surface area contributed by atoms with Crippen molar-refractivity contribution in [3.63, 3.8) is 0 Å². The van der Waals surface area contributed by atoms with Crippen LogP contribution in [0.5, 0.6) is 0 Å². The van der Waals surface area contributed by atoms with E-state index in [1.165, 1.54) is 77.0 Å². The molecule has 0 aliphatic heterocycles. The predicted octanol–water partition coefficient (Wildman–Crippen LogP) is 10.6. The monoisotopic (exact) mass is 534 g/mol. The Kier molecular flexibility index (Phi) is 17.2. The van der Waals surface area contributed by atoms with Crippen LogP contribution >= 0.6 is 12.2 Å². The Morgan fingerprint density at radius 1 is 0.737 bits per heavy atom. The van der Waals surface area contributed by atoms with Gasteiger partial charge in [-0.3, -0.25) is 0 Å². The van der Waals surface area contributed by atoms with Crippen molar-refractivity contribution in [3.8, 4) is 11.8 Å². The summed E-state index contributed by atoms with van der Waals surface area (Å²) in [6.07, 6.45) is 22.1. The number of rotatable bonds is 18. The molecule has 0 bridgehead atoms. The SMILES string of the molecule is CCCCCCCCCCc1ccc(C#Cc2ccc(/C=C/C(=S)OCCCCCCCC)cc2)cc1F. The van der Waals surface area contributed by atoms with Gasteiger partial charge in [0.15, 0.2) is 5.05 Å². The lowest BCUT2D eigenvalue weighted by atomic mass is 10.0. The standard InChI is InChI=1S/C35H47FOS/c1-3-5-7-9-11-12-13-15-17-33-26-24-32(29-34(33)36)23-22-30-18-20-31(21-19-30)25-27-35(38)37-28-16-14-10-8-6-4-2/h18-21,24-27,29H,3-17,28H2,1-2H3/b27-25+. The quantitative estimate of drug-likeness (QED) is 0.0814. The highest BCUT2D eigenvalue weighted by Crippen LogP contribution is 2.15. The molecular formula is C35H47FOS. The van der Waals surface area contributed by atoms with Gasteiger partial charge in [0.1, 0.15) is 5.82 Å². The van der Waals surface area contributed by atoms with Crippen molar-refractivity contribution in [1.82, 2.24) is 0 Å². The fraction of sp³-hybridized carbons (Fsp3) is 0.514. The van der Waals surface area contributed by atoms with E-state index in [9.17, 15) is 4.39 Å². The number of benzene rings is 2. The van der Waals surface area contributed by atoms with Crippen LogP contribution in [0.2, 0.25) is 0 Å². The van der Waals surface area contributed by atoms with Crippen LogP contribution in [0.1, 0.15) is 126 Å². The molecule has 0 spiro atoms. The lowest BCUT2D eigenvalue weighted by Gasteiger charge is -2.04. The predicted molar refractivity (Wildman–Crippen MR) is 166 cm³/mol. The van der Waals surface area contributed by atoms with E-state index in [1.807, 2.05) is 48.6 Å². The molecule has 0 aliphatic rings. The van der Waals surface area contributed by atoms with Crippen LogP contribution in [0.15, 0.2) is 48.5 Å². The Morgan fingerprint density at radius 2 is 1.29 bits per heavy atom. The van der Waals surface area contributed by atoms with Gasteiger partial charge < -0.3 is 4.74 Å². The molecule has 1 nitrogen and oxygen atoms in total. The van der Waals surface area contributed by atoms with Crippen LogP contribution < -0.4 is 0 Å². The summed E-state index contributed by atoms with van der Waals surface area (Å²) in [7, 11) is 0. The minimum atomic E-state index is -0.144. The third-order valence-electron chi connectivity index (χ3n) is 6.77. The van der Waals surface area contributed by atoms with E-state index < -0.39 is 0 Å². The molecule has 2 aromatic rings. The molecule has 0 heterocycles.